The normalized spacial score (nSPS) is 13.1. The van der Waals surface area contributed by atoms with E-state index in [0.717, 1.165) is 89.9 Å². The summed E-state index contributed by atoms with van der Waals surface area (Å²) in [6, 6.07) is 0. The molecule has 0 aliphatic heterocycles. The number of unbranched alkanes of at least 4 members (excludes halogenated alkanes) is 18. The minimum atomic E-state index is -0.824. The van der Waals surface area contributed by atoms with Crippen LogP contribution in [-0.2, 0) is 28.6 Å². The minimum absolute atomic E-state index is 0.121. The highest BCUT2D eigenvalue weighted by Gasteiger charge is 2.19. The lowest BCUT2D eigenvalue weighted by molar-refractivity contribution is -0.167. The van der Waals surface area contributed by atoms with Gasteiger partial charge in [0.1, 0.15) is 13.2 Å². The molecule has 1 unspecified atom stereocenters. The summed E-state index contributed by atoms with van der Waals surface area (Å²) in [5.74, 6) is -1.03. The van der Waals surface area contributed by atoms with E-state index in [1.165, 1.54) is 57.8 Å². The zero-order valence-corrected chi connectivity index (χ0v) is 39.6. The average Bonchev–Trinajstić information content (AvgIpc) is 3.27. The molecule has 0 fully saturated rings. The van der Waals surface area contributed by atoms with Crippen LogP contribution in [0.15, 0.2) is 122 Å². The van der Waals surface area contributed by atoms with E-state index in [1.807, 2.05) is 60.8 Å². The first-order valence-corrected chi connectivity index (χ1v) is 24.7. The van der Waals surface area contributed by atoms with Crippen molar-refractivity contribution in [1.82, 2.24) is 0 Å². The van der Waals surface area contributed by atoms with E-state index in [-0.39, 0.29) is 37.5 Å². The molecule has 1 atom stereocenters. The van der Waals surface area contributed by atoms with E-state index in [4.69, 9.17) is 14.2 Å². The third kappa shape index (κ3) is 46.9. The Morgan fingerprint density at radius 1 is 0.339 bits per heavy atom. The van der Waals surface area contributed by atoms with Crippen molar-refractivity contribution in [3.63, 3.8) is 0 Å². The van der Waals surface area contributed by atoms with Crippen molar-refractivity contribution in [3.05, 3.63) is 122 Å². The predicted molar refractivity (Wildman–Crippen MR) is 265 cm³/mol. The summed E-state index contributed by atoms with van der Waals surface area (Å²) in [4.78, 5) is 37.9. The fraction of sp³-hybridized carbons (Fsp3) is 0.589. The topological polar surface area (TPSA) is 78.9 Å². The van der Waals surface area contributed by atoms with Crippen LogP contribution in [0.2, 0.25) is 0 Å². The van der Waals surface area contributed by atoms with Gasteiger partial charge in [0.2, 0.25) is 0 Å². The first kappa shape index (κ1) is 57.8. The number of carbonyl (C=O) groups is 3. The van der Waals surface area contributed by atoms with Gasteiger partial charge in [0, 0.05) is 19.3 Å². The van der Waals surface area contributed by atoms with E-state index in [0.29, 0.717) is 19.3 Å². The number of esters is 3. The van der Waals surface area contributed by atoms with E-state index in [2.05, 4.69) is 81.5 Å². The van der Waals surface area contributed by atoms with Crippen molar-refractivity contribution in [3.8, 4) is 0 Å². The Balaban J connectivity index is 4.57. The molecule has 0 saturated carbocycles. The number of hydrogen-bond donors (Lipinski definition) is 0. The van der Waals surface area contributed by atoms with Crippen molar-refractivity contribution in [2.45, 2.75) is 200 Å². The quantitative estimate of drug-likeness (QED) is 0.0263. The maximum absolute atomic E-state index is 12.8. The molecule has 348 valence electrons. The molecule has 0 amide bonds. The molecule has 0 radical (unpaired) electrons. The van der Waals surface area contributed by atoms with Gasteiger partial charge in [-0.15, -0.1) is 0 Å². The van der Waals surface area contributed by atoms with Gasteiger partial charge >= 0.3 is 17.9 Å². The average molecular weight is 857 g/mol. The zero-order valence-electron chi connectivity index (χ0n) is 39.6. The van der Waals surface area contributed by atoms with Crippen LogP contribution in [0.4, 0.5) is 0 Å². The summed E-state index contributed by atoms with van der Waals surface area (Å²) in [5, 5.41) is 0. The summed E-state index contributed by atoms with van der Waals surface area (Å²) >= 11 is 0. The van der Waals surface area contributed by atoms with Gasteiger partial charge in [0.15, 0.2) is 6.10 Å². The van der Waals surface area contributed by atoms with Gasteiger partial charge in [-0.2, -0.15) is 0 Å². The fourth-order valence-corrected chi connectivity index (χ4v) is 6.15. The molecule has 6 nitrogen and oxygen atoms in total. The van der Waals surface area contributed by atoms with Crippen LogP contribution in [0.5, 0.6) is 0 Å². The molecule has 0 bridgehead atoms. The van der Waals surface area contributed by atoms with Crippen molar-refractivity contribution in [2.75, 3.05) is 13.2 Å². The largest absolute Gasteiger partial charge is 0.462 e. The van der Waals surface area contributed by atoms with Crippen molar-refractivity contribution >= 4 is 17.9 Å². The summed E-state index contributed by atoms with van der Waals surface area (Å²) in [6.07, 6.45) is 67.5. The number of allylic oxidation sites excluding steroid dienone is 20. The maximum atomic E-state index is 12.8. The van der Waals surface area contributed by atoms with E-state index in [1.54, 1.807) is 0 Å². The minimum Gasteiger partial charge on any atom is -0.462 e. The summed E-state index contributed by atoms with van der Waals surface area (Å²) < 4.78 is 16.7. The van der Waals surface area contributed by atoms with Gasteiger partial charge in [0.05, 0.1) is 0 Å². The van der Waals surface area contributed by atoms with Crippen LogP contribution < -0.4 is 0 Å². The number of carbonyl (C=O) groups excluding carboxylic acids is 3. The highest BCUT2D eigenvalue weighted by atomic mass is 16.6. The second-order valence-electron chi connectivity index (χ2n) is 15.8. The first-order chi connectivity index (χ1) is 30.5. The van der Waals surface area contributed by atoms with Crippen LogP contribution in [-0.4, -0.2) is 37.2 Å². The van der Waals surface area contributed by atoms with E-state index in [9.17, 15) is 14.4 Å². The van der Waals surface area contributed by atoms with Crippen LogP contribution >= 0.6 is 0 Å². The molecule has 0 aromatic heterocycles. The second kappa shape index (κ2) is 49.5. The van der Waals surface area contributed by atoms with Crippen LogP contribution in [0.1, 0.15) is 194 Å². The molecule has 0 N–H and O–H groups in total. The van der Waals surface area contributed by atoms with Gasteiger partial charge in [-0.05, 0) is 83.5 Å². The predicted octanol–water partition coefficient (Wildman–Crippen LogP) is 16.1. The molecule has 0 aromatic carbocycles. The lowest BCUT2D eigenvalue weighted by atomic mass is 10.1. The molecule has 0 heterocycles. The summed E-state index contributed by atoms with van der Waals surface area (Å²) in [5.41, 5.74) is 0. The molecule has 6 heteroatoms. The van der Waals surface area contributed by atoms with Crippen molar-refractivity contribution in [1.29, 1.82) is 0 Å². The lowest BCUT2D eigenvalue weighted by Gasteiger charge is -2.18. The molecule has 0 rings (SSSR count). The first-order valence-electron chi connectivity index (χ1n) is 24.7. The standard InChI is InChI=1S/C56H88O6/c1-4-7-10-13-16-19-22-24-26-28-30-31-34-37-40-43-46-49-55(58)61-52-53(51-60-54(57)48-45-42-39-36-33-21-18-15-12-9-6-3)62-56(59)50-47-44-41-38-35-32-29-27-25-23-20-17-14-11-8-5-2/h7,10,13,15-16,18-19,21-22,24,26-35,53H,4-6,8-9,11-12,14,17,20,23,25,36-52H2,1-3H3/b10-7-,16-13-,18-15-,22-19-,26-24-,29-27-,30-28+,33-21-,34-31-,35-32-. The Hall–Kier alpha value is -4.19. The van der Waals surface area contributed by atoms with Gasteiger partial charge in [-0.3, -0.25) is 14.4 Å². The maximum Gasteiger partial charge on any atom is 0.306 e. The van der Waals surface area contributed by atoms with Crippen LogP contribution in [0.25, 0.3) is 0 Å². The molecular formula is C56H88O6. The number of ether oxygens (including phenoxy) is 3. The smallest absolute Gasteiger partial charge is 0.306 e. The molecule has 0 aliphatic carbocycles. The Kier molecular flexibility index (Phi) is 46.1. The monoisotopic (exact) mass is 857 g/mol. The zero-order chi connectivity index (χ0) is 45.1. The Labute approximate surface area is 380 Å². The molecule has 0 saturated heterocycles. The van der Waals surface area contributed by atoms with E-state index >= 15 is 0 Å². The lowest BCUT2D eigenvalue weighted by Crippen LogP contribution is -2.30. The molecular weight excluding hydrogens is 769 g/mol. The molecule has 0 aliphatic rings. The van der Waals surface area contributed by atoms with Crippen molar-refractivity contribution in [2.24, 2.45) is 0 Å². The summed E-state index contributed by atoms with van der Waals surface area (Å²) in [6.45, 7) is 6.32. The molecule has 0 aromatic rings. The second-order valence-corrected chi connectivity index (χ2v) is 15.8. The third-order valence-electron chi connectivity index (χ3n) is 9.89. The molecule has 62 heavy (non-hydrogen) atoms. The Morgan fingerprint density at radius 3 is 1.05 bits per heavy atom. The van der Waals surface area contributed by atoms with Gasteiger partial charge < -0.3 is 14.2 Å². The molecule has 0 spiro atoms. The van der Waals surface area contributed by atoms with Crippen LogP contribution in [0.3, 0.4) is 0 Å². The van der Waals surface area contributed by atoms with Crippen LogP contribution in [0, 0.1) is 0 Å². The Bertz CT molecular complexity index is 1350. The third-order valence-corrected chi connectivity index (χ3v) is 9.89. The van der Waals surface area contributed by atoms with Crippen molar-refractivity contribution < 1.29 is 28.6 Å². The summed E-state index contributed by atoms with van der Waals surface area (Å²) in [7, 11) is 0. The highest BCUT2D eigenvalue weighted by molar-refractivity contribution is 5.71. The number of hydrogen-bond acceptors (Lipinski definition) is 6. The van der Waals surface area contributed by atoms with Gasteiger partial charge in [0.25, 0.3) is 0 Å². The van der Waals surface area contributed by atoms with Gasteiger partial charge in [-0.25, -0.2) is 0 Å². The van der Waals surface area contributed by atoms with Gasteiger partial charge in [-0.1, -0.05) is 213 Å². The SMILES string of the molecule is CC\C=C/C=C\C=C/C=C\C=C\C=C/CCCCCC(=O)OCC(COC(=O)CCCCC/C=C\C=C/CCCC)OC(=O)CCCCC/C=C\C=C/CCCCCCCCC. The van der Waals surface area contributed by atoms with E-state index < -0.39 is 6.10 Å². The Morgan fingerprint density at radius 2 is 0.645 bits per heavy atom. The fourth-order valence-electron chi connectivity index (χ4n) is 6.15. The number of rotatable bonds is 42. The highest BCUT2D eigenvalue weighted by Crippen LogP contribution is 2.12.